The Morgan fingerprint density at radius 3 is 2.47 bits per heavy atom. The number of aliphatic imine (C=N–C) groups is 1. The number of nitrogens with zero attached hydrogens (tertiary/aromatic N) is 2. The molecule has 176 valence electrons. The Morgan fingerprint density at radius 1 is 1.16 bits per heavy atom. The molecular formula is C23H34IN5O3. The van der Waals surface area contributed by atoms with Gasteiger partial charge >= 0.3 is 0 Å². The van der Waals surface area contributed by atoms with E-state index in [1.165, 1.54) is 24.8 Å². The van der Waals surface area contributed by atoms with E-state index in [0.29, 0.717) is 18.3 Å². The van der Waals surface area contributed by atoms with Crippen molar-refractivity contribution in [2.45, 2.75) is 38.8 Å². The van der Waals surface area contributed by atoms with Gasteiger partial charge in [-0.05, 0) is 62.7 Å². The number of furan rings is 1. The van der Waals surface area contributed by atoms with Gasteiger partial charge in [-0.15, -0.1) is 24.0 Å². The fourth-order valence-electron chi connectivity index (χ4n) is 3.80. The quantitative estimate of drug-likeness (QED) is 0.249. The minimum atomic E-state index is -0.580. The van der Waals surface area contributed by atoms with Crippen LogP contribution in [0.3, 0.4) is 0 Å². The highest BCUT2D eigenvalue weighted by atomic mass is 127. The summed E-state index contributed by atoms with van der Waals surface area (Å²) in [6.45, 7) is 6.00. The number of carbonyl (C=O) groups excluding carboxylic acids is 1. The zero-order valence-corrected chi connectivity index (χ0v) is 21.1. The molecule has 0 radical (unpaired) electrons. The van der Waals surface area contributed by atoms with Gasteiger partial charge in [-0.1, -0.05) is 18.6 Å². The Hall–Kier alpha value is -2.27. The van der Waals surface area contributed by atoms with Gasteiger partial charge in [0, 0.05) is 13.1 Å². The minimum Gasteiger partial charge on any atom is -0.497 e. The van der Waals surface area contributed by atoms with Crippen molar-refractivity contribution in [1.29, 1.82) is 0 Å². The second kappa shape index (κ2) is 13.3. The predicted octanol–water partition coefficient (Wildman–Crippen LogP) is 3.29. The van der Waals surface area contributed by atoms with Gasteiger partial charge in [-0.2, -0.15) is 0 Å². The van der Waals surface area contributed by atoms with Crippen LogP contribution < -0.4 is 21.1 Å². The minimum absolute atomic E-state index is 0. The molecule has 1 amide bonds. The van der Waals surface area contributed by atoms with E-state index < -0.39 is 5.91 Å². The summed E-state index contributed by atoms with van der Waals surface area (Å²) in [6, 6.07) is 11.8. The molecule has 32 heavy (non-hydrogen) atoms. The van der Waals surface area contributed by atoms with Gasteiger partial charge in [0.15, 0.2) is 11.7 Å². The number of carbonyl (C=O) groups is 1. The summed E-state index contributed by atoms with van der Waals surface area (Å²) in [6.07, 6.45) is 3.74. The summed E-state index contributed by atoms with van der Waals surface area (Å²) in [5.74, 6) is 1.72. The number of guanidine groups is 1. The molecule has 2 heterocycles. The lowest BCUT2D eigenvalue weighted by atomic mass is 10.0. The van der Waals surface area contributed by atoms with Crippen LogP contribution in [-0.2, 0) is 6.54 Å². The second-order valence-corrected chi connectivity index (χ2v) is 7.59. The summed E-state index contributed by atoms with van der Waals surface area (Å²) >= 11 is 0. The molecule has 1 atom stereocenters. The normalized spacial score (nSPS) is 15.5. The average Bonchev–Trinajstić information content (AvgIpc) is 3.28. The molecule has 4 N–H and O–H groups in total. The Kier molecular flexibility index (Phi) is 10.8. The summed E-state index contributed by atoms with van der Waals surface area (Å²) < 4.78 is 10.7. The number of ether oxygens (including phenoxy) is 1. The maximum Gasteiger partial charge on any atom is 0.284 e. The molecule has 1 aromatic heterocycles. The zero-order valence-electron chi connectivity index (χ0n) is 18.8. The first kappa shape index (κ1) is 26.0. The molecule has 9 heteroatoms. The maximum absolute atomic E-state index is 11.2. The SMILES string of the molecule is CCNC(=NCc1ccc(C(N)=O)o1)NCC(c1ccc(OC)cc1)N1CCCCC1.I. The van der Waals surface area contributed by atoms with E-state index in [9.17, 15) is 4.79 Å². The Morgan fingerprint density at radius 2 is 1.88 bits per heavy atom. The first-order valence-electron chi connectivity index (χ1n) is 10.9. The third kappa shape index (κ3) is 7.40. The van der Waals surface area contributed by atoms with Crippen molar-refractivity contribution in [2.24, 2.45) is 10.7 Å². The van der Waals surface area contributed by atoms with E-state index in [0.717, 1.165) is 31.9 Å². The first-order valence-corrected chi connectivity index (χ1v) is 10.9. The highest BCUT2D eigenvalue weighted by molar-refractivity contribution is 14.0. The lowest BCUT2D eigenvalue weighted by molar-refractivity contribution is 0.0972. The standard InChI is InChI=1S/C23H33N5O3.HI/c1-3-25-23(26-15-19-11-12-21(31-19)22(24)29)27-16-20(28-13-5-4-6-14-28)17-7-9-18(30-2)10-8-17;/h7-12,20H,3-6,13-16H2,1-2H3,(H2,24,29)(H2,25,26,27);1H. The molecule has 0 saturated carbocycles. The molecule has 1 unspecified atom stereocenters. The van der Waals surface area contributed by atoms with Crippen LogP contribution in [0.15, 0.2) is 45.8 Å². The number of benzene rings is 1. The topological polar surface area (TPSA) is 105 Å². The average molecular weight is 555 g/mol. The van der Waals surface area contributed by atoms with Crippen molar-refractivity contribution in [1.82, 2.24) is 15.5 Å². The van der Waals surface area contributed by atoms with Crippen molar-refractivity contribution < 1.29 is 13.9 Å². The molecule has 2 aromatic rings. The van der Waals surface area contributed by atoms with Gasteiger partial charge in [0.25, 0.3) is 5.91 Å². The number of halogens is 1. The van der Waals surface area contributed by atoms with Gasteiger partial charge < -0.3 is 25.5 Å². The van der Waals surface area contributed by atoms with Crippen LogP contribution in [0, 0.1) is 0 Å². The summed E-state index contributed by atoms with van der Waals surface area (Å²) in [5.41, 5.74) is 6.50. The third-order valence-electron chi connectivity index (χ3n) is 5.44. The molecule has 8 nitrogen and oxygen atoms in total. The molecule has 1 fully saturated rings. The van der Waals surface area contributed by atoms with Crippen LogP contribution in [0.4, 0.5) is 0 Å². The fourth-order valence-corrected chi connectivity index (χ4v) is 3.80. The number of hydrogen-bond acceptors (Lipinski definition) is 5. The van der Waals surface area contributed by atoms with E-state index in [1.807, 2.05) is 19.1 Å². The number of likely N-dealkylation sites (tertiary alicyclic amines) is 1. The van der Waals surface area contributed by atoms with Crippen molar-refractivity contribution in [3.05, 3.63) is 53.5 Å². The van der Waals surface area contributed by atoms with E-state index in [-0.39, 0.29) is 35.8 Å². The van der Waals surface area contributed by atoms with Gasteiger partial charge in [0.1, 0.15) is 18.1 Å². The van der Waals surface area contributed by atoms with E-state index in [1.54, 1.807) is 19.2 Å². The highest BCUT2D eigenvalue weighted by Crippen LogP contribution is 2.25. The van der Waals surface area contributed by atoms with Crippen LogP contribution >= 0.6 is 24.0 Å². The largest absolute Gasteiger partial charge is 0.497 e. The molecule has 1 aliphatic rings. The molecule has 3 rings (SSSR count). The van der Waals surface area contributed by atoms with Crippen LogP contribution in [-0.4, -0.2) is 50.1 Å². The smallest absolute Gasteiger partial charge is 0.284 e. The summed E-state index contributed by atoms with van der Waals surface area (Å²) in [7, 11) is 1.68. The van der Waals surface area contributed by atoms with Crippen molar-refractivity contribution >= 4 is 35.8 Å². The highest BCUT2D eigenvalue weighted by Gasteiger charge is 2.22. The van der Waals surface area contributed by atoms with Gasteiger partial charge in [-0.3, -0.25) is 9.69 Å². The number of nitrogens with one attached hydrogen (secondary N) is 2. The molecule has 1 aliphatic heterocycles. The van der Waals surface area contributed by atoms with Crippen molar-refractivity contribution in [2.75, 3.05) is 33.3 Å². The monoisotopic (exact) mass is 555 g/mol. The number of methoxy groups -OCH3 is 1. The van der Waals surface area contributed by atoms with Crippen molar-refractivity contribution in [3.63, 3.8) is 0 Å². The molecule has 1 aromatic carbocycles. The van der Waals surface area contributed by atoms with E-state index in [4.69, 9.17) is 14.9 Å². The molecule has 0 aliphatic carbocycles. The van der Waals surface area contributed by atoms with Gasteiger partial charge in [0.05, 0.1) is 13.2 Å². The van der Waals surface area contributed by atoms with E-state index >= 15 is 0 Å². The lowest BCUT2D eigenvalue weighted by Crippen LogP contribution is -2.44. The molecule has 0 bridgehead atoms. The summed E-state index contributed by atoms with van der Waals surface area (Å²) in [5, 5.41) is 6.76. The number of piperidine rings is 1. The van der Waals surface area contributed by atoms with E-state index in [2.05, 4.69) is 32.7 Å². The van der Waals surface area contributed by atoms with Crippen LogP contribution in [0.5, 0.6) is 5.75 Å². The maximum atomic E-state index is 11.2. The second-order valence-electron chi connectivity index (χ2n) is 7.59. The van der Waals surface area contributed by atoms with Crippen LogP contribution in [0.2, 0.25) is 0 Å². The third-order valence-corrected chi connectivity index (χ3v) is 5.44. The number of rotatable bonds is 9. The fraction of sp³-hybridized carbons (Fsp3) is 0.478. The Labute approximate surface area is 207 Å². The number of amides is 1. The lowest BCUT2D eigenvalue weighted by Gasteiger charge is -2.35. The number of nitrogens with two attached hydrogens (primary N) is 1. The first-order chi connectivity index (χ1) is 15.1. The number of primary amides is 1. The van der Waals surface area contributed by atoms with Gasteiger partial charge in [-0.25, -0.2) is 4.99 Å². The number of hydrogen-bond donors (Lipinski definition) is 3. The molecule has 1 saturated heterocycles. The zero-order chi connectivity index (χ0) is 22.1. The molecule has 0 spiro atoms. The molecular weight excluding hydrogens is 521 g/mol. The van der Waals surface area contributed by atoms with Crippen LogP contribution in [0.1, 0.15) is 54.1 Å². The van der Waals surface area contributed by atoms with Gasteiger partial charge in [0.2, 0.25) is 0 Å². The van der Waals surface area contributed by atoms with Crippen molar-refractivity contribution in [3.8, 4) is 5.75 Å². The van der Waals surface area contributed by atoms with Crippen LogP contribution in [0.25, 0.3) is 0 Å². The Bertz CT molecular complexity index is 863. The Balaban J connectivity index is 0.00000363. The summed E-state index contributed by atoms with van der Waals surface area (Å²) in [4.78, 5) is 18.4. The predicted molar refractivity (Wildman–Crippen MR) is 137 cm³/mol.